The predicted octanol–water partition coefficient (Wildman–Crippen LogP) is 2.26. The second-order valence-corrected chi connectivity index (χ2v) is 3.86. The summed E-state index contributed by atoms with van der Waals surface area (Å²) in [7, 11) is 0. The highest BCUT2D eigenvalue weighted by molar-refractivity contribution is 5.66. The van der Waals surface area contributed by atoms with Gasteiger partial charge in [0.1, 0.15) is 0 Å². The minimum Gasteiger partial charge on any atom is -0.481 e. The molecule has 17 heavy (non-hydrogen) atoms. The number of carboxylic acid groups (broad SMARTS) is 1. The predicted molar refractivity (Wildman–Crippen MR) is 59.6 cm³/mol. The van der Waals surface area contributed by atoms with Gasteiger partial charge in [-0.05, 0) is 36.9 Å². The highest BCUT2D eigenvalue weighted by atomic mass is 19.2. The van der Waals surface area contributed by atoms with Gasteiger partial charge in [0, 0.05) is 6.42 Å². The minimum absolute atomic E-state index is 0.00738. The highest BCUT2D eigenvalue weighted by Crippen LogP contribution is 2.25. The summed E-state index contributed by atoms with van der Waals surface area (Å²) < 4.78 is 26.5. The van der Waals surface area contributed by atoms with Gasteiger partial charge in [-0.15, -0.1) is 0 Å². The van der Waals surface area contributed by atoms with Crippen LogP contribution in [0.2, 0.25) is 0 Å². The van der Waals surface area contributed by atoms with E-state index in [-0.39, 0.29) is 24.4 Å². The maximum atomic E-state index is 13.5. The van der Waals surface area contributed by atoms with Crippen LogP contribution in [0.5, 0.6) is 0 Å². The molecule has 3 nitrogen and oxygen atoms in total. The number of carbonyl (C=O) groups is 1. The first-order valence-corrected chi connectivity index (χ1v) is 5.42. The number of nitrogens with two attached hydrogens (primary N) is 1. The average Bonchev–Trinajstić information content (AvgIpc) is 2.28. The first kappa shape index (κ1) is 13.6. The van der Waals surface area contributed by atoms with E-state index in [1.165, 1.54) is 12.1 Å². The molecule has 0 heterocycles. The Kier molecular flexibility index (Phi) is 5.03. The molecule has 0 fully saturated rings. The fourth-order valence-electron chi connectivity index (χ4n) is 1.74. The lowest BCUT2D eigenvalue weighted by molar-refractivity contribution is -0.137. The molecule has 0 aromatic heterocycles. The Bertz CT molecular complexity index is 396. The molecular weight excluding hydrogens is 228 g/mol. The zero-order valence-electron chi connectivity index (χ0n) is 9.33. The Morgan fingerprint density at radius 1 is 1.41 bits per heavy atom. The van der Waals surface area contributed by atoms with E-state index in [0.29, 0.717) is 12.8 Å². The molecule has 1 aromatic carbocycles. The van der Waals surface area contributed by atoms with Crippen molar-refractivity contribution in [2.45, 2.75) is 25.2 Å². The Balaban J connectivity index is 2.72. The van der Waals surface area contributed by atoms with Crippen LogP contribution in [-0.2, 0) is 4.79 Å². The van der Waals surface area contributed by atoms with Crippen molar-refractivity contribution in [2.75, 3.05) is 6.54 Å². The number of halogens is 2. The van der Waals surface area contributed by atoms with E-state index in [4.69, 9.17) is 10.8 Å². The van der Waals surface area contributed by atoms with Crippen LogP contribution in [0.3, 0.4) is 0 Å². The Labute approximate surface area is 98.2 Å². The molecule has 0 saturated heterocycles. The minimum atomic E-state index is -0.904. The SMILES string of the molecule is NC[C@@H](CCCC(=O)O)c1cccc(F)c1F. The number of rotatable bonds is 6. The fourth-order valence-corrected chi connectivity index (χ4v) is 1.74. The Morgan fingerprint density at radius 2 is 2.12 bits per heavy atom. The summed E-state index contributed by atoms with van der Waals surface area (Å²) in [5.41, 5.74) is 5.72. The summed E-state index contributed by atoms with van der Waals surface area (Å²) in [6.07, 6.45) is 0.837. The molecular formula is C12H15F2NO2. The third kappa shape index (κ3) is 3.78. The third-order valence-corrected chi connectivity index (χ3v) is 2.65. The third-order valence-electron chi connectivity index (χ3n) is 2.65. The maximum Gasteiger partial charge on any atom is 0.303 e. The standard InChI is InChI=1S/C12H15F2NO2/c13-10-5-2-4-9(12(10)14)8(7-15)3-1-6-11(16)17/h2,4-5,8H,1,3,6-7,15H2,(H,16,17)/t8-/m1/s1. The second-order valence-electron chi connectivity index (χ2n) is 3.86. The van der Waals surface area contributed by atoms with E-state index >= 15 is 0 Å². The van der Waals surface area contributed by atoms with Gasteiger partial charge in [-0.2, -0.15) is 0 Å². The van der Waals surface area contributed by atoms with Crippen LogP contribution in [0.15, 0.2) is 18.2 Å². The van der Waals surface area contributed by atoms with Crippen LogP contribution in [0.4, 0.5) is 8.78 Å². The smallest absolute Gasteiger partial charge is 0.303 e. The van der Waals surface area contributed by atoms with E-state index in [1.807, 2.05) is 0 Å². The van der Waals surface area contributed by atoms with Crippen molar-refractivity contribution in [3.05, 3.63) is 35.4 Å². The van der Waals surface area contributed by atoms with E-state index in [1.54, 1.807) is 0 Å². The van der Waals surface area contributed by atoms with Crippen molar-refractivity contribution in [2.24, 2.45) is 5.73 Å². The van der Waals surface area contributed by atoms with Crippen LogP contribution >= 0.6 is 0 Å². The molecule has 1 aromatic rings. The van der Waals surface area contributed by atoms with Gasteiger partial charge >= 0.3 is 5.97 Å². The molecule has 0 amide bonds. The van der Waals surface area contributed by atoms with Gasteiger partial charge in [0.2, 0.25) is 0 Å². The van der Waals surface area contributed by atoms with Crippen molar-refractivity contribution in [1.29, 1.82) is 0 Å². The topological polar surface area (TPSA) is 63.3 Å². The van der Waals surface area contributed by atoms with Gasteiger partial charge in [0.15, 0.2) is 11.6 Å². The molecule has 0 saturated carbocycles. The molecule has 0 bridgehead atoms. The summed E-state index contributed by atoms with van der Waals surface area (Å²) >= 11 is 0. The molecule has 0 aliphatic rings. The number of aliphatic carboxylic acids is 1. The van der Waals surface area contributed by atoms with Crippen LogP contribution in [0, 0.1) is 11.6 Å². The summed E-state index contributed by atoms with van der Waals surface area (Å²) in [6.45, 7) is 0.167. The lowest BCUT2D eigenvalue weighted by Gasteiger charge is -2.15. The molecule has 0 aliphatic carbocycles. The number of carboxylic acids is 1. The van der Waals surface area contributed by atoms with Crippen molar-refractivity contribution >= 4 is 5.97 Å². The van der Waals surface area contributed by atoms with Gasteiger partial charge in [0.25, 0.3) is 0 Å². The van der Waals surface area contributed by atoms with E-state index in [9.17, 15) is 13.6 Å². The zero-order valence-corrected chi connectivity index (χ0v) is 9.33. The molecule has 5 heteroatoms. The van der Waals surface area contributed by atoms with Crippen LogP contribution < -0.4 is 5.73 Å². The van der Waals surface area contributed by atoms with Gasteiger partial charge in [-0.1, -0.05) is 12.1 Å². The van der Waals surface area contributed by atoms with Gasteiger partial charge in [-0.25, -0.2) is 8.78 Å². The monoisotopic (exact) mass is 243 g/mol. The summed E-state index contributed by atoms with van der Waals surface area (Å²) in [5.74, 6) is -3.04. The molecule has 0 spiro atoms. The average molecular weight is 243 g/mol. The van der Waals surface area contributed by atoms with E-state index < -0.39 is 17.6 Å². The Morgan fingerprint density at radius 3 is 2.71 bits per heavy atom. The second kappa shape index (κ2) is 6.30. The quantitative estimate of drug-likeness (QED) is 0.805. The lowest BCUT2D eigenvalue weighted by Crippen LogP contribution is -2.15. The summed E-state index contributed by atoms with van der Waals surface area (Å²) in [5, 5.41) is 8.50. The number of hydrogen-bond acceptors (Lipinski definition) is 2. The molecule has 94 valence electrons. The van der Waals surface area contributed by atoms with Gasteiger partial charge in [0.05, 0.1) is 0 Å². The van der Waals surface area contributed by atoms with Crippen molar-refractivity contribution < 1.29 is 18.7 Å². The molecule has 3 N–H and O–H groups in total. The first-order valence-electron chi connectivity index (χ1n) is 5.42. The lowest BCUT2D eigenvalue weighted by atomic mass is 9.93. The fraction of sp³-hybridized carbons (Fsp3) is 0.417. The number of hydrogen-bond donors (Lipinski definition) is 2. The Hall–Kier alpha value is -1.49. The van der Waals surface area contributed by atoms with E-state index in [0.717, 1.165) is 6.07 Å². The van der Waals surface area contributed by atoms with E-state index in [2.05, 4.69) is 0 Å². The molecule has 0 unspecified atom stereocenters. The largest absolute Gasteiger partial charge is 0.481 e. The highest BCUT2D eigenvalue weighted by Gasteiger charge is 2.17. The normalized spacial score (nSPS) is 12.4. The summed E-state index contributed by atoms with van der Waals surface area (Å²) in [6, 6.07) is 3.95. The van der Waals surface area contributed by atoms with Crippen LogP contribution in [0.25, 0.3) is 0 Å². The maximum absolute atomic E-state index is 13.5. The molecule has 0 radical (unpaired) electrons. The van der Waals surface area contributed by atoms with Crippen molar-refractivity contribution in [3.63, 3.8) is 0 Å². The molecule has 1 atom stereocenters. The van der Waals surface area contributed by atoms with Crippen molar-refractivity contribution in [1.82, 2.24) is 0 Å². The molecule has 1 rings (SSSR count). The van der Waals surface area contributed by atoms with Crippen molar-refractivity contribution in [3.8, 4) is 0 Å². The molecule has 0 aliphatic heterocycles. The van der Waals surface area contributed by atoms with Gasteiger partial charge < -0.3 is 10.8 Å². The summed E-state index contributed by atoms with van der Waals surface area (Å²) in [4.78, 5) is 10.4. The zero-order chi connectivity index (χ0) is 12.8. The van der Waals surface area contributed by atoms with Gasteiger partial charge in [-0.3, -0.25) is 4.79 Å². The first-order chi connectivity index (χ1) is 8.06. The number of benzene rings is 1. The van der Waals surface area contributed by atoms with Crippen LogP contribution in [0.1, 0.15) is 30.7 Å². The van der Waals surface area contributed by atoms with Crippen LogP contribution in [-0.4, -0.2) is 17.6 Å².